The maximum absolute atomic E-state index is 11.8. The van der Waals surface area contributed by atoms with Gasteiger partial charge in [0.2, 0.25) is 10.0 Å². The third-order valence-electron chi connectivity index (χ3n) is 3.91. The molecule has 0 aliphatic carbocycles. The molecule has 22 heavy (non-hydrogen) atoms. The quantitative estimate of drug-likeness (QED) is 0.611. The number of hydrogen-bond acceptors (Lipinski definition) is 4. The molecule has 1 heterocycles. The Balaban J connectivity index is 2.33. The molecule has 2 rings (SSSR count). The number of esters is 1. The lowest BCUT2D eigenvalue weighted by molar-refractivity contribution is -0.137. The maximum atomic E-state index is 11.8. The summed E-state index contributed by atoms with van der Waals surface area (Å²) in [4.78, 5) is 11.6. The molecule has 0 saturated carbocycles. The number of rotatable bonds is 5. The van der Waals surface area contributed by atoms with Crippen LogP contribution in [0.4, 0.5) is 0 Å². The minimum Gasteiger partial charge on any atom is -0.463 e. The van der Waals surface area contributed by atoms with Gasteiger partial charge < -0.3 is 4.74 Å². The van der Waals surface area contributed by atoms with E-state index in [0.29, 0.717) is 26.1 Å². The average Bonchev–Trinajstić information content (AvgIpc) is 2.92. The monoisotopic (exact) mass is 323 g/mol. The van der Waals surface area contributed by atoms with E-state index in [-0.39, 0.29) is 0 Å². The minimum absolute atomic E-state index is 0.316. The average molecular weight is 323 g/mol. The molecule has 0 radical (unpaired) electrons. The van der Waals surface area contributed by atoms with Gasteiger partial charge in [0, 0.05) is 24.6 Å². The van der Waals surface area contributed by atoms with Crippen LogP contribution in [0.5, 0.6) is 0 Å². The van der Waals surface area contributed by atoms with E-state index >= 15 is 0 Å². The van der Waals surface area contributed by atoms with Crippen LogP contribution in [0.15, 0.2) is 42.5 Å². The van der Waals surface area contributed by atoms with Crippen LogP contribution in [0, 0.1) is 0 Å². The highest BCUT2D eigenvalue weighted by Crippen LogP contribution is 2.37. The van der Waals surface area contributed by atoms with E-state index < -0.39 is 21.4 Å². The van der Waals surface area contributed by atoms with Crippen molar-refractivity contribution in [2.45, 2.75) is 18.8 Å². The topological polar surface area (TPSA) is 63.7 Å². The van der Waals surface area contributed by atoms with E-state index in [4.69, 9.17) is 4.74 Å². The SMILES string of the molecule is CCOC(=O)/C=C/C1(c2ccccc2)CCN(S(C)(=O)=O)C1. The number of nitrogens with zero attached hydrogens (tertiary/aromatic N) is 1. The van der Waals surface area contributed by atoms with Gasteiger partial charge in [0.25, 0.3) is 0 Å². The minimum atomic E-state index is -3.25. The highest BCUT2D eigenvalue weighted by atomic mass is 32.2. The van der Waals surface area contributed by atoms with Crippen molar-refractivity contribution in [3.05, 3.63) is 48.0 Å². The first-order chi connectivity index (χ1) is 10.4. The van der Waals surface area contributed by atoms with Crippen molar-refractivity contribution in [1.82, 2.24) is 4.31 Å². The van der Waals surface area contributed by atoms with Crippen LogP contribution in [0.3, 0.4) is 0 Å². The molecule has 6 heteroatoms. The Morgan fingerprint density at radius 3 is 2.59 bits per heavy atom. The zero-order chi connectivity index (χ0) is 16.2. The number of ether oxygens (including phenoxy) is 1. The Kier molecular flexibility index (Phi) is 5.03. The molecule has 120 valence electrons. The summed E-state index contributed by atoms with van der Waals surface area (Å²) in [5.41, 5.74) is 0.513. The molecular formula is C16H21NO4S. The smallest absolute Gasteiger partial charge is 0.330 e. The molecule has 1 aliphatic rings. The predicted molar refractivity (Wildman–Crippen MR) is 84.9 cm³/mol. The predicted octanol–water partition coefficient (Wildman–Crippen LogP) is 1.71. The molecule has 0 aromatic heterocycles. The molecule has 1 unspecified atom stereocenters. The lowest BCUT2D eigenvalue weighted by atomic mass is 9.79. The summed E-state index contributed by atoms with van der Waals surface area (Å²) in [5, 5.41) is 0. The summed E-state index contributed by atoms with van der Waals surface area (Å²) in [6.07, 6.45) is 5.04. The lowest BCUT2D eigenvalue weighted by Crippen LogP contribution is -2.33. The number of benzene rings is 1. The molecule has 0 N–H and O–H groups in total. The van der Waals surface area contributed by atoms with Crippen molar-refractivity contribution < 1.29 is 17.9 Å². The molecule has 1 fully saturated rings. The van der Waals surface area contributed by atoms with Crippen molar-refractivity contribution in [3.63, 3.8) is 0 Å². The molecule has 1 aromatic rings. The Hall–Kier alpha value is -1.66. The van der Waals surface area contributed by atoms with E-state index in [1.807, 2.05) is 30.3 Å². The maximum Gasteiger partial charge on any atom is 0.330 e. The third-order valence-corrected chi connectivity index (χ3v) is 5.16. The molecule has 1 aliphatic heterocycles. The second-order valence-electron chi connectivity index (χ2n) is 5.45. The second kappa shape index (κ2) is 6.62. The van der Waals surface area contributed by atoms with Crippen LogP contribution in [0.25, 0.3) is 0 Å². The van der Waals surface area contributed by atoms with E-state index in [2.05, 4.69) is 0 Å². The van der Waals surface area contributed by atoms with Gasteiger partial charge in [-0.3, -0.25) is 0 Å². The number of carbonyl (C=O) groups is 1. The summed E-state index contributed by atoms with van der Waals surface area (Å²) in [6, 6.07) is 9.66. The second-order valence-corrected chi connectivity index (χ2v) is 7.44. The normalized spacial score (nSPS) is 23.0. The summed E-state index contributed by atoms with van der Waals surface area (Å²) in [6.45, 7) is 2.85. The van der Waals surface area contributed by atoms with Gasteiger partial charge in [-0.25, -0.2) is 17.5 Å². The Bertz CT molecular complexity index is 654. The molecule has 0 spiro atoms. The van der Waals surface area contributed by atoms with Gasteiger partial charge >= 0.3 is 5.97 Å². The van der Waals surface area contributed by atoms with Gasteiger partial charge in [-0.1, -0.05) is 36.4 Å². The van der Waals surface area contributed by atoms with Crippen molar-refractivity contribution in [2.75, 3.05) is 26.0 Å². The van der Waals surface area contributed by atoms with Gasteiger partial charge in [-0.2, -0.15) is 0 Å². The van der Waals surface area contributed by atoms with Crippen molar-refractivity contribution in [3.8, 4) is 0 Å². The molecule has 0 bridgehead atoms. The Morgan fingerprint density at radius 2 is 2.05 bits per heavy atom. The Labute approximate surface area is 131 Å². The summed E-state index contributed by atoms with van der Waals surface area (Å²) in [5.74, 6) is -0.407. The van der Waals surface area contributed by atoms with Gasteiger partial charge in [0.15, 0.2) is 0 Å². The first-order valence-corrected chi connectivity index (χ1v) is 9.09. The van der Waals surface area contributed by atoms with Gasteiger partial charge in [-0.15, -0.1) is 0 Å². The van der Waals surface area contributed by atoms with Gasteiger partial charge in [0.1, 0.15) is 0 Å². The van der Waals surface area contributed by atoms with Crippen molar-refractivity contribution in [2.24, 2.45) is 0 Å². The molecule has 1 atom stereocenters. The van der Waals surface area contributed by atoms with E-state index in [9.17, 15) is 13.2 Å². The van der Waals surface area contributed by atoms with Crippen molar-refractivity contribution >= 4 is 16.0 Å². The highest BCUT2D eigenvalue weighted by Gasteiger charge is 2.40. The van der Waals surface area contributed by atoms with Crippen LogP contribution in [-0.4, -0.2) is 44.6 Å². The zero-order valence-corrected chi connectivity index (χ0v) is 13.7. The third kappa shape index (κ3) is 3.75. The summed E-state index contributed by atoms with van der Waals surface area (Å²) >= 11 is 0. The van der Waals surface area contributed by atoms with Gasteiger partial charge in [0.05, 0.1) is 12.9 Å². The molecule has 1 saturated heterocycles. The fourth-order valence-electron chi connectivity index (χ4n) is 2.74. The number of carbonyl (C=O) groups excluding carboxylic acids is 1. The summed E-state index contributed by atoms with van der Waals surface area (Å²) in [7, 11) is -3.25. The first-order valence-electron chi connectivity index (χ1n) is 7.24. The van der Waals surface area contributed by atoms with E-state index in [0.717, 1.165) is 5.56 Å². The molecule has 0 amide bonds. The van der Waals surface area contributed by atoms with Crippen LogP contribution in [0.2, 0.25) is 0 Å². The highest BCUT2D eigenvalue weighted by molar-refractivity contribution is 7.88. The van der Waals surface area contributed by atoms with Crippen molar-refractivity contribution in [1.29, 1.82) is 0 Å². The molecular weight excluding hydrogens is 302 g/mol. The van der Waals surface area contributed by atoms with Crippen LogP contribution in [-0.2, 0) is 25.0 Å². The molecule has 5 nitrogen and oxygen atoms in total. The standard InChI is InChI=1S/C16H21NO4S/c1-3-21-15(18)9-10-16(14-7-5-4-6-8-14)11-12-17(13-16)22(2,19)20/h4-10H,3,11-13H2,1-2H3/b10-9+. The van der Waals surface area contributed by atoms with Crippen LogP contribution >= 0.6 is 0 Å². The van der Waals surface area contributed by atoms with Crippen LogP contribution < -0.4 is 0 Å². The number of hydrogen-bond donors (Lipinski definition) is 0. The zero-order valence-electron chi connectivity index (χ0n) is 12.9. The summed E-state index contributed by atoms with van der Waals surface area (Å²) < 4.78 is 30.0. The lowest BCUT2D eigenvalue weighted by Gasteiger charge is -2.26. The van der Waals surface area contributed by atoms with Crippen LogP contribution in [0.1, 0.15) is 18.9 Å². The number of sulfonamides is 1. The van der Waals surface area contributed by atoms with E-state index in [1.54, 1.807) is 13.0 Å². The first kappa shape index (κ1) is 16.7. The Morgan fingerprint density at radius 1 is 1.36 bits per heavy atom. The van der Waals surface area contributed by atoms with E-state index in [1.165, 1.54) is 16.6 Å². The molecule has 1 aromatic carbocycles. The largest absolute Gasteiger partial charge is 0.463 e. The van der Waals surface area contributed by atoms with Gasteiger partial charge in [-0.05, 0) is 18.9 Å². The fraction of sp³-hybridized carbons (Fsp3) is 0.438. The fourth-order valence-corrected chi connectivity index (χ4v) is 3.62.